The Kier molecular flexibility index (Phi) is 10.4. The molecule has 0 radical (unpaired) electrons. The average molecular weight is 524 g/mol. The Hall–Kier alpha value is -3.01. The Morgan fingerprint density at radius 3 is 2.33 bits per heavy atom. The van der Waals surface area contributed by atoms with E-state index in [1.165, 1.54) is 11.0 Å². The Morgan fingerprint density at radius 2 is 1.75 bits per heavy atom. The number of carbonyl (C=O) groups excluding carboxylic acids is 2. The molecule has 0 saturated heterocycles. The molecule has 0 spiro atoms. The molecule has 2 aromatic rings. The van der Waals surface area contributed by atoms with Crippen molar-refractivity contribution in [2.45, 2.75) is 65.6 Å². The van der Waals surface area contributed by atoms with Crippen molar-refractivity contribution in [3.8, 4) is 0 Å². The topological polar surface area (TPSA) is 86.8 Å². The highest BCUT2D eigenvalue weighted by atomic mass is 32.2. The quantitative estimate of drug-likeness (QED) is 0.453. The number of nitrogens with zero attached hydrogens (tertiary/aromatic N) is 2. The number of hydrogen-bond acceptors (Lipinski definition) is 4. The van der Waals surface area contributed by atoms with Gasteiger partial charge in [0, 0.05) is 31.6 Å². The minimum absolute atomic E-state index is 0.0261. The van der Waals surface area contributed by atoms with E-state index in [2.05, 4.69) is 5.32 Å². The number of carbonyl (C=O) groups is 2. The highest BCUT2D eigenvalue weighted by Crippen LogP contribution is 2.22. The van der Waals surface area contributed by atoms with Gasteiger partial charge in [-0.15, -0.1) is 0 Å². The third-order valence-electron chi connectivity index (χ3n) is 5.95. The van der Waals surface area contributed by atoms with Crippen LogP contribution in [0.3, 0.4) is 0 Å². The molecule has 10 heteroatoms. The number of aryl methyl sites for hydroxylation is 1. The van der Waals surface area contributed by atoms with Gasteiger partial charge in [-0.25, -0.2) is 17.2 Å². The SMILES string of the molecule is CC[C@H](C)NC(=O)[C@@H](C)N(Cc1cccc(C)c1)C(=O)CCCN(c1ccc(F)c(F)c1)S(C)(=O)=O. The predicted molar refractivity (Wildman–Crippen MR) is 137 cm³/mol. The van der Waals surface area contributed by atoms with Gasteiger partial charge < -0.3 is 10.2 Å². The van der Waals surface area contributed by atoms with Crippen LogP contribution in [0.15, 0.2) is 42.5 Å². The largest absolute Gasteiger partial charge is 0.352 e. The van der Waals surface area contributed by atoms with Gasteiger partial charge in [0.25, 0.3) is 0 Å². The maximum atomic E-state index is 13.7. The Morgan fingerprint density at radius 1 is 1.06 bits per heavy atom. The molecule has 0 saturated carbocycles. The maximum absolute atomic E-state index is 13.7. The summed E-state index contributed by atoms with van der Waals surface area (Å²) in [7, 11) is -3.81. The van der Waals surface area contributed by atoms with Crippen molar-refractivity contribution in [3.63, 3.8) is 0 Å². The molecule has 2 atom stereocenters. The van der Waals surface area contributed by atoms with Gasteiger partial charge in [0.05, 0.1) is 11.9 Å². The molecular formula is C26H35F2N3O4S. The molecule has 7 nitrogen and oxygen atoms in total. The molecule has 198 valence electrons. The standard InChI is InChI=1S/C26H35F2N3O4S/c1-6-19(3)29-26(33)20(4)30(17-21-10-7-9-18(2)15-21)25(32)11-8-14-31(36(5,34)35)22-12-13-23(27)24(28)16-22/h7,9-10,12-13,15-16,19-20H,6,8,11,14,17H2,1-5H3,(H,29,33)/t19-,20+/m0/s1. The van der Waals surface area contributed by atoms with Gasteiger partial charge in [-0.2, -0.15) is 0 Å². The van der Waals surface area contributed by atoms with Gasteiger partial charge >= 0.3 is 0 Å². The molecule has 2 amide bonds. The first-order valence-electron chi connectivity index (χ1n) is 11.9. The van der Waals surface area contributed by atoms with Crippen LogP contribution in [-0.4, -0.2) is 50.0 Å². The first kappa shape index (κ1) is 29.2. The van der Waals surface area contributed by atoms with E-state index >= 15 is 0 Å². The summed E-state index contributed by atoms with van der Waals surface area (Å²) >= 11 is 0. The summed E-state index contributed by atoms with van der Waals surface area (Å²) in [6.07, 6.45) is 1.79. The van der Waals surface area contributed by atoms with Gasteiger partial charge in [-0.05, 0) is 51.3 Å². The van der Waals surface area contributed by atoms with Crippen LogP contribution in [0.25, 0.3) is 0 Å². The van der Waals surface area contributed by atoms with Crippen LogP contribution >= 0.6 is 0 Å². The summed E-state index contributed by atoms with van der Waals surface area (Å²) < 4.78 is 52.6. The van der Waals surface area contributed by atoms with E-state index in [4.69, 9.17) is 0 Å². The van der Waals surface area contributed by atoms with Crippen molar-refractivity contribution in [3.05, 3.63) is 65.2 Å². The Bertz CT molecular complexity index is 1170. The molecule has 2 rings (SSSR count). The normalized spacial score (nSPS) is 13.1. The van der Waals surface area contributed by atoms with Crippen molar-refractivity contribution in [2.75, 3.05) is 17.1 Å². The zero-order valence-electron chi connectivity index (χ0n) is 21.4. The van der Waals surface area contributed by atoms with Crippen LogP contribution in [0, 0.1) is 18.6 Å². The van der Waals surface area contributed by atoms with Crippen LogP contribution in [-0.2, 0) is 26.2 Å². The molecule has 0 bridgehead atoms. The average Bonchev–Trinajstić information content (AvgIpc) is 2.80. The smallest absolute Gasteiger partial charge is 0.242 e. The Labute approximate surface area is 212 Å². The van der Waals surface area contributed by atoms with Crippen molar-refractivity contribution in [1.29, 1.82) is 0 Å². The van der Waals surface area contributed by atoms with E-state index in [1.807, 2.05) is 45.0 Å². The van der Waals surface area contributed by atoms with Crippen LogP contribution in [0.4, 0.5) is 14.5 Å². The lowest BCUT2D eigenvalue weighted by Gasteiger charge is -2.30. The molecule has 1 N–H and O–H groups in total. The highest BCUT2D eigenvalue weighted by Gasteiger charge is 2.27. The van der Waals surface area contributed by atoms with Crippen LogP contribution < -0.4 is 9.62 Å². The molecule has 0 aliphatic heterocycles. The zero-order valence-corrected chi connectivity index (χ0v) is 22.2. The maximum Gasteiger partial charge on any atom is 0.242 e. The molecule has 36 heavy (non-hydrogen) atoms. The number of rotatable bonds is 12. The number of nitrogens with one attached hydrogen (secondary N) is 1. The lowest BCUT2D eigenvalue weighted by Crippen LogP contribution is -2.49. The lowest BCUT2D eigenvalue weighted by molar-refractivity contribution is -0.140. The van der Waals surface area contributed by atoms with Gasteiger partial charge in [0.1, 0.15) is 6.04 Å². The summed E-state index contributed by atoms with van der Waals surface area (Å²) in [6, 6.07) is 9.68. The zero-order chi connectivity index (χ0) is 27.0. The Balaban J connectivity index is 2.19. The van der Waals surface area contributed by atoms with Gasteiger partial charge in [0.15, 0.2) is 11.6 Å². The fourth-order valence-corrected chi connectivity index (χ4v) is 4.66. The van der Waals surface area contributed by atoms with E-state index in [0.717, 1.165) is 40.2 Å². The minimum Gasteiger partial charge on any atom is -0.352 e. The second-order valence-corrected chi connectivity index (χ2v) is 10.9. The lowest BCUT2D eigenvalue weighted by atomic mass is 10.1. The van der Waals surface area contributed by atoms with Gasteiger partial charge in [-0.1, -0.05) is 36.8 Å². The van der Waals surface area contributed by atoms with E-state index in [1.54, 1.807) is 6.92 Å². The van der Waals surface area contributed by atoms with Crippen molar-refractivity contribution in [1.82, 2.24) is 10.2 Å². The highest BCUT2D eigenvalue weighted by molar-refractivity contribution is 7.92. The van der Waals surface area contributed by atoms with Crippen LogP contribution in [0.2, 0.25) is 0 Å². The van der Waals surface area contributed by atoms with Crippen LogP contribution in [0.1, 0.15) is 51.2 Å². The third kappa shape index (κ3) is 8.29. The summed E-state index contributed by atoms with van der Waals surface area (Å²) in [5, 5.41) is 2.90. The predicted octanol–water partition coefficient (Wildman–Crippen LogP) is 4.15. The van der Waals surface area contributed by atoms with E-state index < -0.39 is 27.7 Å². The number of sulfonamides is 1. The molecule has 0 aliphatic carbocycles. The molecule has 0 unspecified atom stereocenters. The fraction of sp³-hybridized carbons (Fsp3) is 0.462. The number of amides is 2. The van der Waals surface area contributed by atoms with E-state index in [0.29, 0.717) is 0 Å². The molecular weight excluding hydrogens is 488 g/mol. The van der Waals surface area contributed by atoms with Gasteiger partial charge in [-0.3, -0.25) is 13.9 Å². The number of anilines is 1. The summed E-state index contributed by atoms with van der Waals surface area (Å²) in [6.45, 7) is 7.54. The monoisotopic (exact) mass is 523 g/mol. The number of halogens is 2. The molecule has 0 aliphatic rings. The fourth-order valence-electron chi connectivity index (χ4n) is 3.70. The minimum atomic E-state index is -3.81. The van der Waals surface area contributed by atoms with Crippen LogP contribution in [0.5, 0.6) is 0 Å². The molecule has 0 fully saturated rings. The second-order valence-electron chi connectivity index (χ2n) is 9.04. The molecule has 2 aromatic carbocycles. The van der Waals surface area contributed by atoms with Crippen molar-refractivity contribution < 1.29 is 26.8 Å². The number of benzene rings is 2. The third-order valence-corrected chi connectivity index (χ3v) is 7.14. The summed E-state index contributed by atoms with van der Waals surface area (Å²) in [5.41, 5.74) is 1.86. The number of hydrogen-bond donors (Lipinski definition) is 1. The molecule has 0 aromatic heterocycles. The summed E-state index contributed by atoms with van der Waals surface area (Å²) in [5.74, 6) is -2.84. The first-order chi connectivity index (χ1) is 16.8. The van der Waals surface area contributed by atoms with Gasteiger partial charge in [0.2, 0.25) is 21.8 Å². The van der Waals surface area contributed by atoms with E-state index in [9.17, 15) is 26.8 Å². The van der Waals surface area contributed by atoms with Crippen molar-refractivity contribution in [2.24, 2.45) is 0 Å². The first-order valence-corrected chi connectivity index (χ1v) is 13.8. The second kappa shape index (κ2) is 12.8. The molecule has 0 heterocycles. The summed E-state index contributed by atoms with van der Waals surface area (Å²) in [4.78, 5) is 27.6. The van der Waals surface area contributed by atoms with Crippen molar-refractivity contribution >= 4 is 27.5 Å². The van der Waals surface area contributed by atoms with E-state index in [-0.39, 0.29) is 49.5 Å².